The fraction of sp³-hybridized carbons (Fsp3) is 0.643. The fourth-order valence-corrected chi connectivity index (χ4v) is 1.84. The van der Waals surface area contributed by atoms with Gasteiger partial charge in [-0.15, -0.1) is 0 Å². The molecule has 1 heterocycles. The molecule has 0 fully saturated rings. The zero-order valence-electron chi connectivity index (χ0n) is 11.5. The molecule has 0 spiro atoms. The van der Waals surface area contributed by atoms with Crippen molar-refractivity contribution >= 4 is 5.97 Å². The molecule has 1 aromatic rings. The topological polar surface area (TPSA) is 48.7 Å². The molecule has 0 N–H and O–H groups in total. The second kappa shape index (κ2) is 7.80. The van der Waals surface area contributed by atoms with Crippen molar-refractivity contribution in [1.29, 1.82) is 0 Å². The zero-order valence-corrected chi connectivity index (χ0v) is 11.5. The zero-order chi connectivity index (χ0) is 13.4. The van der Waals surface area contributed by atoms with Gasteiger partial charge < -0.3 is 13.9 Å². The van der Waals surface area contributed by atoms with Crippen LogP contribution in [-0.4, -0.2) is 20.2 Å². The lowest BCUT2D eigenvalue weighted by Gasteiger charge is -1.98. The van der Waals surface area contributed by atoms with E-state index in [1.807, 2.05) is 0 Å². The van der Waals surface area contributed by atoms with Crippen LogP contribution in [0.5, 0.6) is 5.75 Å². The highest BCUT2D eigenvalue weighted by Crippen LogP contribution is 2.25. The number of hydrogen-bond acceptors (Lipinski definition) is 4. The molecule has 0 aliphatic rings. The maximum atomic E-state index is 11.4. The fourth-order valence-electron chi connectivity index (χ4n) is 1.84. The van der Waals surface area contributed by atoms with E-state index in [9.17, 15) is 4.79 Å². The summed E-state index contributed by atoms with van der Waals surface area (Å²) in [6, 6.07) is 1.77. The molecule has 0 aromatic carbocycles. The molecule has 4 nitrogen and oxygen atoms in total. The van der Waals surface area contributed by atoms with Gasteiger partial charge in [0.2, 0.25) is 0 Å². The summed E-state index contributed by atoms with van der Waals surface area (Å²) in [5, 5.41) is 0. The van der Waals surface area contributed by atoms with Gasteiger partial charge in [-0.1, -0.05) is 32.6 Å². The van der Waals surface area contributed by atoms with Gasteiger partial charge in [-0.3, -0.25) is 0 Å². The Kier molecular flexibility index (Phi) is 6.33. The Labute approximate surface area is 108 Å². The maximum absolute atomic E-state index is 11.4. The number of carbonyl (C=O) groups excluding carboxylic acids is 1. The molecule has 4 heteroatoms. The van der Waals surface area contributed by atoms with Crippen LogP contribution in [0.1, 0.15) is 55.3 Å². The average Bonchev–Trinajstić information content (AvgIpc) is 2.81. The molecule has 0 atom stereocenters. The van der Waals surface area contributed by atoms with E-state index in [-0.39, 0.29) is 5.76 Å². The minimum absolute atomic E-state index is 0.156. The largest absolute Gasteiger partial charge is 0.492 e. The van der Waals surface area contributed by atoms with E-state index in [0.717, 1.165) is 18.6 Å². The highest BCUT2D eigenvalue weighted by atomic mass is 16.5. The van der Waals surface area contributed by atoms with E-state index in [2.05, 4.69) is 11.7 Å². The third kappa shape index (κ3) is 4.09. The first-order chi connectivity index (χ1) is 8.72. The Morgan fingerprint density at radius 1 is 1.22 bits per heavy atom. The molecule has 0 saturated carbocycles. The van der Waals surface area contributed by atoms with E-state index in [4.69, 9.17) is 9.15 Å². The summed E-state index contributed by atoms with van der Waals surface area (Å²) in [5.74, 6) is 0.891. The average molecular weight is 254 g/mol. The van der Waals surface area contributed by atoms with Crippen molar-refractivity contribution < 1.29 is 18.7 Å². The molecule has 1 aromatic heterocycles. The minimum Gasteiger partial charge on any atom is -0.492 e. The summed E-state index contributed by atoms with van der Waals surface area (Å²) in [6.07, 6.45) is 6.84. The minimum atomic E-state index is -0.496. The van der Waals surface area contributed by atoms with E-state index < -0.39 is 5.97 Å². The molecule has 0 saturated heterocycles. The number of unbranched alkanes of at least 4 members (excludes halogenated alkanes) is 4. The molecule has 0 bridgehead atoms. The predicted molar refractivity (Wildman–Crippen MR) is 69.1 cm³/mol. The van der Waals surface area contributed by atoms with Gasteiger partial charge in [0.1, 0.15) is 5.76 Å². The molecular weight excluding hydrogens is 232 g/mol. The van der Waals surface area contributed by atoms with E-state index >= 15 is 0 Å². The lowest BCUT2D eigenvalue weighted by Crippen LogP contribution is -2.01. The normalized spacial score (nSPS) is 10.4. The van der Waals surface area contributed by atoms with E-state index in [0.29, 0.717) is 5.75 Å². The van der Waals surface area contributed by atoms with Gasteiger partial charge in [-0.05, 0) is 6.42 Å². The third-order valence-electron chi connectivity index (χ3n) is 2.87. The number of esters is 1. The van der Waals surface area contributed by atoms with Crippen LogP contribution >= 0.6 is 0 Å². The van der Waals surface area contributed by atoms with E-state index in [1.165, 1.54) is 39.9 Å². The molecule has 0 aliphatic carbocycles. The maximum Gasteiger partial charge on any atom is 0.377 e. The second-order valence-electron chi connectivity index (χ2n) is 4.27. The number of methoxy groups -OCH3 is 2. The van der Waals surface area contributed by atoms with Gasteiger partial charge in [0.15, 0.2) is 5.75 Å². The molecule has 0 unspecified atom stereocenters. The monoisotopic (exact) mass is 254 g/mol. The Morgan fingerprint density at radius 2 is 1.94 bits per heavy atom. The van der Waals surface area contributed by atoms with Crippen LogP contribution in [0, 0.1) is 0 Å². The Bertz CT molecular complexity index is 368. The van der Waals surface area contributed by atoms with Crippen molar-refractivity contribution in [3.8, 4) is 5.75 Å². The van der Waals surface area contributed by atoms with Crippen molar-refractivity contribution in [2.45, 2.75) is 45.4 Å². The van der Waals surface area contributed by atoms with Gasteiger partial charge in [-0.25, -0.2) is 4.79 Å². The van der Waals surface area contributed by atoms with Crippen LogP contribution in [0.2, 0.25) is 0 Å². The Hall–Kier alpha value is -1.45. The van der Waals surface area contributed by atoms with E-state index in [1.54, 1.807) is 6.07 Å². The highest BCUT2D eigenvalue weighted by molar-refractivity contribution is 5.89. The van der Waals surface area contributed by atoms with Crippen LogP contribution in [0.15, 0.2) is 10.5 Å². The van der Waals surface area contributed by atoms with Gasteiger partial charge in [0, 0.05) is 12.5 Å². The number of carbonyl (C=O) groups is 1. The standard InChI is InChI=1S/C14H22O4/c1-4-5-6-7-8-9-11-10-12(16-2)13(18-11)14(15)17-3/h10H,4-9H2,1-3H3. The first-order valence-electron chi connectivity index (χ1n) is 6.48. The molecule has 102 valence electrons. The Balaban J connectivity index is 2.51. The number of hydrogen-bond donors (Lipinski definition) is 0. The SMILES string of the molecule is CCCCCCCc1cc(OC)c(C(=O)OC)o1. The van der Waals surface area contributed by atoms with Crippen LogP contribution in [0.3, 0.4) is 0 Å². The number of furan rings is 1. The first-order valence-corrected chi connectivity index (χ1v) is 6.48. The van der Waals surface area contributed by atoms with Crippen LogP contribution in [0.4, 0.5) is 0 Å². The lowest BCUT2D eigenvalue weighted by atomic mass is 10.1. The molecule has 0 amide bonds. The molecule has 0 aliphatic heterocycles. The van der Waals surface area contributed by atoms with Crippen LogP contribution in [-0.2, 0) is 11.2 Å². The van der Waals surface area contributed by atoms with Gasteiger partial charge in [0.05, 0.1) is 14.2 Å². The quantitative estimate of drug-likeness (QED) is 0.525. The Morgan fingerprint density at radius 3 is 2.56 bits per heavy atom. The summed E-state index contributed by atoms with van der Waals surface area (Å²) >= 11 is 0. The van der Waals surface area contributed by atoms with Crippen molar-refractivity contribution in [2.24, 2.45) is 0 Å². The number of ether oxygens (including phenoxy) is 2. The second-order valence-corrected chi connectivity index (χ2v) is 4.27. The first kappa shape index (κ1) is 14.6. The van der Waals surface area contributed by atoms with Crippen molar-refractivity contribution in [3.63, 3.8) is 0 Å². The summed E-state index contributed by atoms with van der Waals surface area (Å²) in [4.78, 5) is 11.4. The predicted octanol–water partition coefficient (Wildman–Crippen LogP) is 3.59. The molecule has 18 heavy (non-hydrogen) atoms. The molecule has 1 rings (SSSR count). The lowest BCUT2D eigenvalue weighted by molar-refractivity contribution is 0.0558. The van der Waals surface area contributed by atoms with Crippen molar-refractivity contribution in [3.05, 3.63) is 17.6 Å². The van der Waals surface area contributed by atoms with Crippen molar-refractivity contribution in [2.75, 3.05) is 14.2 Å². The van der Waals surface area contributed by atoms with Gasteiger partial charge in [-0.2, -0.15) is 0 Å². The van der Waals surface area contributed by atoms with Gasteiger partial charge >= 0.3 is 5.97 Å². The number of rotatable bonds is 8. The summed E-state index contributed by atoms with van der Waals surface area (Å²) < 4.78 is 15.2. The summed E-state index contributed by atoms with van der Waals surface area (Å²) in [5.41, 5.74) is 0. The summed E-state index contributed by atoms with van der Waals surface area (Å²) in [7, 11) is 2.84. The number of aryl methyl sites for hydroxylation is 1. The highest BCUT2D eigenvalue weighted by Gasteiger charge is 2.19. The molecular formula is C14H22O4. The van der Waals surface area contributed by atoms with Crippen LogP contribution in [0.25, 0.3) is 0 Å². The van der Waals surface area contributed by atoms with Crippen LogP contribution < -0.4 is 4.74 Å². The smallest absolute Gasteiger partial charge is 0.377 e. The third-order valence-corrected chi connectivity index (χ3v) is 2.87. The van der Waals surface area contributed by atoms with Crippen molar-refractivity contribution in [1.82, 2.24) is 0 Å². The summed E-state index contributed by atoms with van der Waals surface area (Å²) in [6.45, 7) is 2.19. The molecule has 0 radical (unpaired) electrons. The van der Waals surface area contributed by atoms with Gasteiger partial charge in [0.25, 0.3) is 5.76 Å².